The summed E-state index contributed by atoms with van der Waals surface area (Å²) in [7, 11) is 0. The van der Waals surface area contributed by atoms with Crippen molar-refractivity contribution in [3.05, 3.63) is 98.4 Å². The number of rotatable bonds is 7. The molecule has 176 valence electrons. The van der Waals surface area contributed by atoms with Crippen molar-refractivity contribution < 1.29 is 28.7 Å². The average molecular weight is 490 g/mol. The zero-order chi connectivity index (χ0) is 24.4. The summed E-state index contributed by atoms with van der Waals surface area (Å²) >= 11 is 0.862. The van der Waals surface area contributed by atoms with E-state index in [2.05, 4.69) is 0 Å². The normalized spacial score (nSPS) is 15.7. The summed E-state index contributed by atoms with van der Waals surface area (Å²) in [5.41, 5.74) is 2.27. The molecule has 0 aromatic heterocycles. The number of fused-ring (bicyclic) bond motifs is 1. The van der Waals surface area contributed by atoms with E-state index in [1.807, 2.05) is 18.2 Å². The topological polar surface area (TPSA) is 108 Å². The smallest absolute Gasteiger partial charge is 0.293 e. The van der Waals surface area contributed by atoms with Crippen molar-refractivity contribution in [2.24, 2.45) is 0 Å². The van der Waals surface area contributed by atoms with Gasteiger partial charge < -0.3 is 14.2 Å². The van der Waals surface area contributed by atoms with Gasteiger partial charge in [0.05, 0.1) is 16.4 Å². The van der Waals surface area contributed by atoms with Gasteiger partial charge in [-0.3, -0.25) is 24.6 Å². The molecule has 1 saturated heterocycles. The number of carbonyl (C=O) groups is 2. The average Bonchev–Trinajstić information content (AvgIpc) is 3.43. The summed E-state index contributed by atoms with van der Waals surface area (Å²) in [4.78, 5) is 36.9. The highest BCUT2D eigenvalue weighted by Crippen LogP contribution is 2.34. The fraction of sp³-hybridized carbons (Fsp3) is 0.120. The zero-order valence-corrected chi connectivity index (χ0v) is 19.0. The molecule has 2 heterocycles. The number of carbonyl (C=O) groups excluding carboxylic acids is 2. The fourth-order valence-electron chi connectivity index (χ4n) is 3.55. The molecule has 0 spiro atoms. The lowest BCUT2D eigenvalue weighted by Gasteiger charge is -2.12. The van der Waals surface area contributed by atoms with Crippen LogP contribution in [0.15, 0.2) is 71.6 Å². The second kappa shape index (κ2) is 9.51. The van der Waals surface area contributed by atoms with Crippen LogP contribution in [0.4, 0.5) is 10.5 Å². The summed E-state index contributed by atoms with van der Waals surface area (Å²) in [6, 6.07) is 18.6. The summed E-state index contributed by atoms with van der Waals surface area (Å²) in [5, 5.41) is 10.4. The molecule has 2 aliphatic rings. The van der Waals surface area contributed by atoms with Crippen LogP contribution >= 0.6 is 11.8 Å². The number of hydrogen-bond donors (Lipinski definition) is 0. The third-order valence-electron chi connectivity index (χ3n) is 5.38. The van der Waals surface area contributed by atoms with E-state index in [1.165, 1.54) is 24.3 Å². The molecule has 5 rings (SSSR count). The third-order valence-corrected chi connectivity index (χ3v) is 6.29. The quantitative estimate of drug-likeness (QED) is 0.255. The lowest BCUT2D eigenvalue weighted by molar-refractivity contribution is -0.384. The molecular weight excluding hydrogens is 472 g/mol. The van der Waals surface area contributed by atoms with Crippen molar-refractivity contribution in [2.75, 3.05) is 6.79 Å². The molecule has 2 amide bonds. The van der Waals surface area contributed by atoms with Gasteiger partial charge in [0.1, 0.15) is 12.4 Å². The van der Waals surface area contributed by atoms with Gasteiger partial charge >= 0.3 is 0 Å². The molecular formula is C25H18N2O7S. The van der Waals surface area contributed by atoms with E-state index in [-0.39, 0.29) is 24.3 Å². The van der Waals surface area contributed by atoms with Crippen molar-refractivity contribution in [1.29, 1.82) is 0 Å². The molecule has 0 saturated carbocycles. The van der Waals surface area contributed by atoms with Crippen LogP contribution in [0.5, 0.6) is 17.2 Å². The van der Waals surface area contributed by atoms with Crippen LogP contribution in [0.1, 0.15) is 16.7 Å². The van der Waals surface area contributed by atoms with Crippen LogP contribution in [-0.4, -0.2) is 27.8 Å². The number of hydrogen-bond acceptors (Lipinski definition) is 8. The van der Waals surface area contributed by atoms with E-state index >= 15 is 0 Å². The molecule has 1 fully saturated rings. The fourth-order valence-corrected chi connectivity index (χ4v) is 4.39. The number of imide groups is 1. The largest absolute Gasteiger partial charge is 0.489 e. The molecule has 3 aromatic rings. The lowest BCUT2D eigenvalue weighted by Crippen LogP contribution is -2.27. The van der Waals surface area contributed by atoms with E-state index < -0.39 is 10.8 Å². The second-order valence-corrected chi connectivity index (χ2v) is 8.73. The number of benzene rings is 3. The minimum Gasteiger partial charge on any atom is -0.489 e. The monoisotopic (exact) mass is 490 g/mol. The number of non-ortho nitro benzene ring substituents is 1. The van der Waals surface area contributed by atoms with Gasteiger partial charge in [-0.25, -0.2) is 0 Å². The molecule has 2 aliphatic heterocycles. The number of ether oxygens (including phenoxy) is 3. The first-order valence-electron chi connectivity index (χ1n) is 10.6. The Morgan fingerprint density at radius 3 is 2.43 bits per heavy atom. The summed E-state index contributed by atoms with van der Waals surface area (Å²) in [5.74, 6) is 1.67. The maximum Gasteiger partial charge on any atom is 0.293 e. The molecule has 35 heavy (non-hydrogen) atoms. The zero-order valence-electron chi connectivity index (χ0n) is 18.2. The molecule has 0 unspecified atom stereocenters. The van der Waals surface area contributed by atoms with E-state index in [4.69, 9.17) is 14.2 Å². The van der Waals surface area contributed by atoms with E-state index in [1.54, 1.807) is 30.3 Å². The Hall–Kier alpha value is -4.31. The number of thioether (sulfide) groups is 1. The van der Waals surface area contributed by atoms with Crippen molar-refractivity contribution in [2.45, 2.75) is 13.2 Å². The maximum atomic E-state index is 12.8. The van der Waals surface area contributed by atoms with Gasteiger partial charge in [0.25, 0.3) is 16.8 Å². The highest BCUT2D eigenvalue weighted by molar-refractivity contribution is 8.18. The predicted octanol–water partition coefficient (Wildman–Crippen LogP) is 5.14. The van der Waals surface area contributed by atoms with E-state index in [0.717, 1.165) is 33.5 Å². The Kier molecular flexibility index (Phi) is 6.11. The van der Waals surface area contributed by atoms with Crippen molar-refractivity contribution >= 4 is 34.7 Å². The molecule has 0 bridgehead atoms. The van der Waals surface area contributed by atoms with Crippen LogP contribution in [0.25, 0.3) is 6.08 Å². The first kappa shape index (κ1) is 22.5. The van der Waals surface area contributed by atoms with Crippen LogP contribution in [0.3, 0.4) is 0 Å². The summed E-state index contributed by atoms with van der Waals surface area (Å²) in [6.07, 6.45) is 1.66. The summed E-state index contributed by atoms with van der Waals surface area (Å²) < 4.78 is 16.5. The molecule has 0 atom stereocenters. The Morgan fingerprint density at radius 2 is 1.69 bits per heavy atom. The van der Waals surface area contributed by atoms with Gasteiger partial charge in [-0.2, -0.15) is 0 Å². The predicted molar refractivity (Wildman–Crippen MR) is 128 cm³/mol. The first-order chi connectivity index (χ1) is 17.0. The Balaban J connectivity index is 1.21. The van der Waals surface area contributed by atoms with Gasteiger partial charge in [0, 0.05) is 12.1 Å². The van der Waals surface area contributed by atoms with Gasteiger partial charge in [-0.05, 0) is 58.8 Å². The van der Waals surface area contributed by atoms with Gasteiger partial charge in [-0.1, -0.05) is 30.3 Å². The molecule has 9 nitrogen and oxygen atoms in total. The Morgan fingerprint density at radius 1 is 0.971 bits per heavy atom. The minimum atomic E-state index is -0.500. The SMILES string of the molecule is O=C1S/C(=C\c2ccc(OCc3ccc4c(c3)OCO4)cc2)C(=O)N1Cc1ccc([N+](=O)[O-])cc1. The first-order valence-corrected chi connectivity index (χ1v) is 11.4. The molecule has 0 N–H and O–H groups in total. The lowest BCUT2D eigenvalue weighted by atomic mass is 10.2. The Bertz CT molecular complexity index is 1340. The molecule has 10 heteroatoms. The van der Waals surface area contributed by atoms with E-state index in [0.29, 0.717) is 28.6 Å². The maximum absolute atomic E-state index is 12.8. The van der Waals surface area contributed by atoms with Crippen molar-refractivity contribution in [1.82, 2.24) is 4.90 Å². The van der Waals surface area contributed by atoms with Crippen molar-refractivity contribution in [3.8, 4) is 17.2 Å². The molecule has 3 aromatic carbocycles. The molecule has 0 aliphatic carbocycles. The number of nitro groups is 1. The van der Waals surface area contributed by atoms with Crippen LogP contribution < -0.4 is 14.2 Å². The summed E-state index contributed by atoms with van der Waals surface area (Å²) in [6.45, 7) is 0.627. The van der Waals surface area contributed by atoms with E-state index in [9.17, 15) is 19.7 Å². The minimum absolute atomic E-state index is 0.0483. The van der Waals surface area contributed by atoms with Gasteiger partial charge in [0.2, 0.25) is 6.79 Å². The van der Waals surface area contributed by atoms with Crippen molar-refractivity contribution in [3.63, 3.8) is 0 Å². The number of nitro benzene ring substituents is 1. The second-order valence-electron chi connectivity index (χ2n) is 7.74. The highest BCUT2D eigenvalue weighted by atomic mass is 32.2. The standard InChI is InChI=1S/C25H18N2O7S/c28-24-23(35-25(29)26(24)13-17-1-6-19(7-2-17)27(30)31)12-16-3-8-20(9-4-16)32-14-18-5-10-21-22(11-18)34-15-33-21/h1-12H,13-15H2/b23-12-. The van der Waals surface area contributed by atoms with Gasteiger partial charge in [0.15, 0.2) is 11.5 Å². The molecule has 0 radical (unpaired) electrons. The third kappa shape index (κ3) is 4.97. The van der Waals surface area contributed by atoms with Crippen LogP contribution in [0, 0.1) is 10.1 Å². The van der Waals surface area contributed by atoms with Crippen LogP contribution in [-0.2, 0) is 17.9 Å². The van der Waals surface area contributed by atoms with Gasteiger partial charge in [-0.15, -0.1) is 0 Å². The number of amides is 2. The van der Waals surface area contributed by atoms with Crippen LogP contribution in [0.2, 0.25) is 0 Å². The highest BCUT2D eigenvalue weighted by Gasteiger charge is 2.35. The number of nitrogens with zero attached hydrogens (tertiary/aromatic N) is 2. The Labute approximate surface area is 204 Å².